The van der Waals surface area contributed by atoms with Crippen molar-refractivity contribution >= 4 is 15.2 Å². The third kappa shape index (κ3) is 14.0. The number of hydrogen-bond acceptors (Lipinski definition) is 6. The molecule has 6 nitrogen and oxygen atoms in total. The van der Waals surface area contributed by atoms with Crippen molar-refractivity contribution in [2.75, 3.05) is 0 Å². The van der Waals surface area contributed by atoms with Crippen LogP contribution in [-0.2, 0) is 15.6 Å². The summed E-state index contributed by atoms with van der Waals surface area (Å²) in [5, 5.41) is -2.37. The van der Waals surface area contributed by atoms with E-state index >= 15 is 0 Å². The van der Waals surface area contributed by atoms with Gasteiger partial charge in [0.05, 0.1) is 0 Å². The zero-order valence-corrected chi connectivity index (χ0v) is 31.0. The van der Waals surface area contributed by atoms with Crippen LogP contribution < -0.4 is 225 Å². The average molecular weight is 523 g/mol. The van der Waals surface area contributed by atoms with Gasteiger partial charge in [0.25, 0.3) is 0 Å². The first-order valence-corrected chi connectivity index (χ1v) is 10.6. The third-order valence-corrected chi connectivity index (χ3v) is 7.39. The Kier molecular flexibility index (Phi) is 25.0. The SMILES string of the molecule is O=P([O-])([O-])C(CCCc1ccc(-c2ccccc2)cc1)P(=O)([O-])[O-].[K+].[K+].[K+].[K+]. The Morgan fingerprint density at radius 3 is 1.54 bits per heavy atom. The van der Waals surface area contributed by atoms with Gasteiger partial charge in [0, 0.05) is 5.40 Å². The van der Waals surface area contributed by atoms with Crippen LogP contribution in [0.4, 0.5) is 0 Å². The molecule has 0 aromatic heterocycles. The minimum Gasteiger partial charge on any atom is -0.810 e. The molecule has 0 unspecified atom stereocenters. The summed E-state index contributed by atoms with van der Waals surface area (Å²) in [5.74, 6) is 0. The summed E-state index contributed by atoms with van der Waals surface area (Å²) in [6.45, 7) is 0. The van der Waals surface area contributed by atoms with E-state index in [0.717, 1.165) is 16.7 Å². The Balaban J connectivity index is -0.00000156. The van der Waals surface area contributed by atoms with Crippen LogP contribution in [0.25, 0.3) is 11.1 Å². The molecule has 130 valence electrons. The zero-order chi connectivity index (χ0) is 17.8. The van der Waals surface area contributed by atoms with Gasteiger partial charge in [0.1, 0.15) is 0 Å². The van der Waals surface area contributed by atoms with E-state index in [1.165, 1.54) is 0 Å². The van der Waals surface area contributed by atoms with Gasteiger partial charge in [-0.25, -0.2) is 0 Å². The molecule has 0 saturated heterocycles. The fourth-order valence-electron chi connectivity index (χ4n) is 2.47. The second kappa shape index (κ2) is 18.5. The standard InChI is InChI=1S/C16H20O6P2.4K/c17-23(18,19)16(24(20,21)22)8-4-5-13-9-11-15(12-10-13)14-6-2-1-3-7-14;;;;/h1-3,6-7,9-12,16H,4-5,8H2,(H2,17,18,19)(H2,20,21,22);;;;/q;4*+1/p-4. The minimum atomic E-state index is -5.45. The van der Waals surface area contributed by atoms with Crippen LogP contribution in [0.5, 0.6) is 0 Å². The summed E-state index contributed by atoms with van der Waals surface area (Å²) >= 11 is 0. The van der Waals surface area contributed by atoms with Crippen LogP contribution in [-0.4, -0.2) is 5.40 Å². The molecule has 0 radical (unpaired) electrons. The van der Waals surface area contributed by atoms with Crippen LogP contribution in [0, 0.1) is 0 Å². The summed E-state index contributed by atoms with van der Waals surface area (Å²) in [6, 6.07) is 17.2. The largest absolute Gasteiger partial charge is 1.00 e. The topological polar surface area (TPSA) is 126 Å². The van der Waals surface area contributed by atoms with E-state index in [1.807, 2.05) is 54.6 Å². The first-order valence-electron chi connectivity index (χ1n) is 7.36. The maximum absolute atomic E-state index is 10.9. The number of hydrogen-bond donors (Lipinski definition) is 0. The molecule has 2 aromatic rings. The summed E-state index contributed by atoms with van der Waals surface area (Å²) < 4.78 is 21.8. The van der Waals surface area contributed by atoms with Gasteiger partial charge in [-0.05, 0) is 36.0 Å². The van der Waals surface area contributed by atoms with E-state index in [9.17, 15) is 28.7 Å². The Labute approximate surface area is 336 Å². The van der Waals surface area contributed by atoms with E-state index in [0.29, 0.717) is 6.42 Å². The Morgan fingerprint density at radius 1 is 0.679 bits per heavy atom. The summed E-state index contributed by atoms with van der Waals surface area (Å²) in [4.78, 5) is 43.7. The smallest absolute Gasteiger partial charge is 0.810 e. The normalized spacial score (nSPS) is 10.8. The number of aryl methyl sites for hydroxylation is 1. The average Bonchev–Trinajstić information content (AvgIpc) is 2.50. The second-order valence-electron chi connectivity index (χ2n) is 5.52. The van der Waals surface area contributed by atoms with E-state index in [4.69, 9.17) is 0 Å². The number of rotatable bonds is 7. The van der Waals surface area contributed by atoms with Gasteiger partial charge in [-0.1, -0.05) is 69.8 Å². The predicted molar refractivity (Wildman–Crippen MR) is 83.8 cm³/mol. The molecule has 0 heterocycles. The van der Waals surface area contributed by atoms with Crippen molar-refractivity contribution in [2.45, 2.75) is 24.7 Å². The number of benzene rings is 2. The van der Waals surface area contributed by atoms with Crippen molar-refractivity contribution in [3.63, 3.8) is 0 Å². The van der Waals surface area contributed by atoms with Gasteiger partial charge in [-0.2, -0.15) is 0 Å². The zero-order valence-electron chi connectivity index (χ0n) is 16.7. The second-order valence-corrected chi connectivity index (χ2v) is 9.33. The van der Waals surface area contributed by atoms with Crippen molar-refractivity contribution in [1.82, 2.24) is 0 Å². The molecule has 28 heavy (non-hydrogen) atoms. The van der Waals surface area contributed by atoms with Crippen LogP contribution in [0.1, 0.15) is 18.4 Å². The Morgan fingerprint density at radius 2 is 1.11 bits per heavy atom. The van der Waals surface area contributed by atoms with Crippen molar-refractivity contribution < 1.29 is 234 Å². The quantitative estimate of drug-likeness (QED) is 0.263. The minimum absolute atomic E-state index is 0. The molecular formula is C16H16K4O6P2. The molecule has 0 N–H and O–H groups in total. The molecular weight excluding hydrogens is 507 g/mol. The fraction of sp³-hybridized carbons (Fsp3) is 0.250. The molecule has 2 aromatic carbocycles. The maximum atomic E-state index is 10.9. The molecule has 0 amide bonds. The van der Waals surface area contributed by atoms with E-state index in [1.54, 1.807) is 0 Å². The van der Waals surface area contributed by atoms with Gasteiger partial charge in [0.2, 0.25) is 0 Å². The maximum Gasteiger partial charge on any atom is 1.00 e. The van der Waals surface area contributed by atoms with E-state index in [-0.39, 0.29) is 212 Å². The first-order chi connectivity index (χ1) is 11.2. The van der Waals surface area contributed by atoms with Crippen molar-refractivity contribution in [1.29, 1.82) is 0 Å². The molecule has 0 atom stereocenters. The molecule has 0 fully saturated rings. The van der Waals surface area contributed by atoms with Crippen LogP contribution in [0.15, 0.2) is 54.6 Å². The molecule has 2 rings (SSSR count). The van der Waals surface area contributed by atoms with Gasteiger partial charge >= 0.3 is 206 Å². The van der Waals surface area contributed by atoms with E-state index < -0.39 is 27.0 Å². The molecule has 0 aliphatic rings. The third-order valence-electron chi connectivity index (χ3n) is 3.72. The molecule has 0 aliphatic heterocycles. The van der Waals surface area contributed by atoms with Crippen molar-refractivity contribution in [3.05, 3.63) is 60.2 Å². The van der Waals surface area contributed by atoms with Crippen LogP contribution in [0.2, 0.25) is 0 Å². The monoisotopic (exact) mass is 522 g/mol. The van der Waals surface area contributed by atoms with Crippen LogP contribution in [0.3, 0.4) is 0 Å². The Hall–Kier alpha value is 5.29. The first kappa shape index (κ1) is 37.8. The van der Waals surface area contributed by atoms with Gasteiger partial charge in [-0.3, -0.25) is 0 Å². The summed E-state index contributed by atoms with van der Waals surface area (Å²) in [7, 11) is -10.9. The molecule has 0 bridgehead atoms. The van der Waals surface area contributed by atoms with Gasteiger partial charge in [0.15, 0.2) is 0 Å². The molecule has 0 saturated carbocycles. The summed E-state index contributed by atoms with van der Waals surface area (Å²) in [6.07, 6.45) is 0.0266. The molecule has 0 spiro atoms. The van der Waals surface area contributed by atoms with E-state index in [2.05, 4.69) is 0 Å². The van der Waals surface area contributed by atoms with Crippen molar-refractivity contribution in [2.24, 2.45) is 0 Å². The van der Waals surface area contributed by atoms with Gasteiger partial charge in [-0.15, -0.1) is 0 Å². The van der Waals surface area contributed by atoms with Gasteiger partial charge < -0.3 is 28.7 Å². The van der Waals surface area contributed by atoms with Crippen LogP contribution >= 0.6 is 15.2 Å². The molecule has 12 heteroatoms. The summed E-state index contributed by atoms with van der Waals surface area (Å²) in [5.41, 5.74) is 2.94. The Bertz CT molecular complexity index is 742. The van der Waals surface area contributed by atoms with Crippen molar-refractivity contribution in [3.8, 4) is 11.1 Å². The fourth-order valence-corrected chi connectivity index (χ4v) is 4.86. The molecule has 0 aliphatic carbocycles. The predicted octanol–water partition coefficient (Wildman–Crippen LogP) is -11.2.